The van der Waals surface area contributed by atoms with Gasteiger partial charge >= 0.3 is 5.97 Å². The second-order valence-electron chi connectivity index (χ2n) is 4.28. The summed E-state index contributed by atoms with van der Waals surface area (Å²) in [5, 5.41) is 9.69. The van der Waals surface area contributed by atoms with Crippen molar-refractivity contribution < 1.29 is 19.4 Å². The summed E-state index contributed by atoms with van der Waals surface area (Å²) < 4.78 is 9.71. The molecule has 1 rings (SSSR count). The number of hydrogen-bond donors (Lipinski definition) is 2. The Morgan fingerprint density at radius 1 is 1.35 bits per heavy atom. The Morgan fingerprint density at radius 2 is 1.94 bits per heavy atom. The first-order chi connectivity index (χ1) is 7.81. The van der Waals surface area contributed by atoms with E-state index in [0.29, 0.717) is 11.3 Å². The van der Waals surface area contributed by atoms with E-state index in [1.165, 1.54) is 26.4 Å². The topological polar surface area (TPSA) is 81.8 Å². The van der Waals surface area contributed by atoms with Crippen molar-refractivity contribution in [1.29, 1.82) is 0 Å². The van der Waals surface area contributed by atoms with Gasteiger partial charge in [0.15, 0.2) is 0 Å². The van der Waals surface area contributed by atoms with Gasteiger partial charge in [0, 0.05) is 17.2 Å². The Balaban J connectivity index is 3.43. The minimum atomic E-state index is -0.693. The summed E-state index contributed by atoms with van der Waals surface area (Å²) in [5.74, 6) is -0.375. The first-order valence-electron chi connectivity index (χ1n) is 5.10. The zero-order chi connectivity index (χ0) is 13.2. The maximum Gasteiger partial charge on any atom is 0.341 e. The van der Waals surface area contributed by atoms with Crippen LogP contribution in [0.2, 0.25) is 0 Å². The SMILES string of the molecule is COC(=O)c1cc(C(C)(C)N)c(OC)cc1O. The number of benzene rings is 1. The molecule has 17 heavy (non-hydrogen) atoms. The van der Waals surface area contributed by atoms with Crippen LogP contribution in [0.15, 0.2) is 12.1 Å². The molecule has 0 spiro atoms. The van der Waals surface area contributed by atoms with Crippen LogP contribution in [-0.4, -0.2) is 25.3 Å². The highest BCUT2D eigenvalue weighted by molar-refractivity contribution is 5.93. The zero-order valence-corrected chi connectivity index (χ0v) is 10.4. The summed E-state index contributed by atoms with van der Waals surface area (Å²) in [6, 6.07) is 2.84. The molecule has 5 heteroatoms. The van der Waals surface area contributed by atoms with E-state index in [2.05, 4.69) is 4.74 Å². The van der Waals surface area contributed by atoms with Crippen molar-refractivity contribution in [2.75, 3.05) is 14.2 Å². The fraction of sp³-hybridized carbons (Fsp3) is 0.417. The summed E-state index contributed by atoms with van der Waals surface area (Å²) >= 11 is 0. The van der Waals surface area contributed by atoms with Crippen LogP contribution in [0.1, 0.15) is 29.8 Å². The number of nitrogens with two attached hydrogens (primary N) is 1. The van der Waals surface area contributed by atoms with Crippen LogP contribution in [0, 0.1) is 0 Å². The molecule has 0 heterocycles. The third kappa shape index (κ3) is 2.68. The van der Waals surface area contributed by atoms with E-state index in [1.807, 2.05) is 0 Å². The van der Waals surface area contributed by atoms with Crippen LogP contribution in [0.5, 0.6) is 11.5 Å². The van der Waals surface area contributed by atoms with Gasteiger partial charge in [0.25, 0.3) is 0 Å². The lowest BCUT2D eigenvalue weighted by Crippen LogP contribution is -2.29. The van der Waals surface area contributed by atoms with Gasteiger partial charge in [-0.3, -0.25) is 0 Å². The van der Waals surface area contributed by atoms with Crippen molar-refractivity contribution in [1.82, 2.24) is 0 Å². The van der Waals surface area contributed by atoms with Gasteiger partial charge in [-0.2, -0.15) is 0 Å². The summed E-state index contributed by atoms with van der Waals surface area (Å²) in [6.07, 6.45) is 0. The third-order valence-electron chi connectivity index (χ3n) is 2.42. The van der Waals surface area contributed by atoms with Crippen molar-refractivity contribution in [2.24, 2.45) is 5.73 Å². The first kappa shape index (κ1) is 13.3. The molecule has 94 valence electrons. The Hall–Kier alpha value is -1.75. The minimum absolute atomic E-state index is 0.0711. The van der Waals surface area contributed by atoms with Gasteiger partial charge in [-0.15, -0.1) is 0 Å². The van der Waals surface area contributed by atoms with Crippen LogP contribution in [0.4, 0.5) is 0 Å². The maximum absolute atomic E-state index is 11.4. The standard InChI is InChI=1S/C12H17NO4/c1-12(2,13)8-5-7(11(15)17-4)9(14)6-10(8)16-3/h5-6,14H,13H2,1-4H3. The zero-order valence-electron chi connectivity index (χ0n) is 10.4. The molecule has 0 radical (unpaired) electrons. The van der Waals surface area contributed by atoms with Gasteiger partial charge in [0.05, 0.1) is 14.2 Å². The van der Waals surface area contributed by atoms with Crippen molar-refractivity contribution in [3.63, 3.8) is 0 Å². The van der Waals surface area contributed by atoms with Crippen LogP contribution in [0.3, 0.4) is 0 Å². The van der Waals surface area contributed by atoms with E-state index in [0.717, 1.165) is 0 Å². The second-order valence-corrected chi connectivity index (χ2v) is 4.28. The lowest BCUT2D eigenvalue weighted by molar-refractivity contribution is 0.0597. The molecule has 0 saturated carbocycles. The molecule has 0 aromatic heterocycles. The number of carbonyl (C=O) groups excluding carboxylic acids is 1. The number of aromatic hydroxyl groups is 1. The van der Waals surface area contributed by atoms with Crippen LogP contribution in [0.25, 0.3) is 0 Å². The van der Waals surface area contributed by atoms with Gasteiger partial charge in [0.2, 0.25) is 0 Å². The smallest absolute Gasteiger partial charge is 0.341 e. The lowest BCUT2D eigenvalue weighted by atomic mass is 9.92. The van der Waals surface area contributed by atoms with E-state index in [4.69, 9.17) is 10.5 Å². The highest BCUT2D eigenvalue weighted by atomic mass is 16.5. The lowest BCUT2D eigenvalue weighted by Gasteiger charge is -2.23. The van der Waals surface area contributed by atoms with Crippen molar-refractivity contribution in [2.45, 2.75) is 19.4 Å². The number of rotatable bonds is 3. The Kier molecular flexibility index (Phi) is 3.63. The molecule has 0 aliphatic heterocycles. The molecule has 0 aliphatic rings. The van der Waals surface area contributed by atoms with Crippen molar-refractivity contribution in [3.05, 3.63) is 23.3 Å². The highest BCUT2D eigenvalue weighted by Crippen LogP contribution is 2.34. The predicted molar refractivity (Wildman–Crippen MR) is 63.2 cm³/mol. The third-order valence-corrected chi connectivity index (χ3v) is 2.42. The van der Waals surface area contributed by atoms with Gasteiger partial charge in [-0.25, -0.2) is 4.79 Å². The van der Waals surface area contributed by atoms with Crippen molar-refractivity contribution >= 4 is 5.97 Å². The number of carbonyl (C=O) groups is 1. The molecule has 0 aliphatic carbocycles. The fourth-order valence-corrected chi connectivity index (χ4v) is 1.51. The average Bonchev–Trinajstić information content (AvgIpc) is 2.25. The Labute approximate surface area is 100 Å². The van der Waals surface area contributed by atoms with Crippen LogP contribution in [-0.2, 0) is 10.3 Å². The Morgan fingerprint density at radius 3 is 2.35 bits per heavy atom. The highest BCUT2D eigenvalue weighted by Gasteiger charge is 2.24. The van der Waals surface area contributed by atoms with Gasteiger partial charge < -0.3 is 20.3 Å². The molecule has 3 N–H and O–H groups in total. The normalized spacial score (nSPS) is 11.1. The monoisotopic (exact) mass is 239 g/mol. The summed E-state index contributed by atoms with van der Waals surface area (Å²) in [5.41, 5.74) is 5.98. The molecule has 0 bridgehead atoms. The molecule has 1 aromatic rings. The molecule has 0 fully saturated rings. The molecule has 5 nitrogen and oxygen atoms in total. The largest absolute Gasteiger partial charge is 0.507 e. The van der Waals surface area contributed by atoms with Crippen LogP contribution < -0.4 is 10.5 Å². The maximum atomic E-state index is 11.4. The van der Waals surface area contributed by atoms with Crippen molar-refractivity contribution in [3.8, 4) is 11.5 Å². The molecule has 0 amide bonds. The van der Waals surface area contributed by atoms with Gasteiger partial charge in [-0.1, -0.05) is 0 Å². The van der Waals surface area contributed by atoms with Gasteiger partial charge in [-0.05, 0) is 19.9 Å². The number of phenols is 1. The van der Waals surface area contributed by atoms with E-state index < -0.39 is 11.5 Å². The predicted octanol–water partition coefficient (Wildman–Crippen LogP) is 1.38. The number of methoxy groups -OCH3 is 2. The number of ether oxygens (including phenoxy) is 2. The van der Waals surface area contributed by atoms with E-state index in [-0.39, 0.29) is 11.3 Å². The van der Waals surface area contributed by atoms with Crippen LogP contribution >= 0.6 is 0 Å². The fourth-order valence-electron chi connectivity index (χ4n) is 1.51. The Bertz CT molecular complexity index is 435. The molecule has 1 aromatic carbocycles. The summed E-state index contributed by atoms with van der Waals surface area (Å²) in [7, 11) is 2.72. The summed E-state index contributed by atoms with van der Waals surface area (Å²) in [4.78, 5) is 11.4. The van der Waals surface area contributed by atoms with E-state index in [9.17, 15) is 9.90 Å². The molecule has 0 unspecified atom stereocenters. The molecule has 0 saturated heterocycles. The first-order valence-corrected chi connectivity index (χ1v) is 5.10. The quantitative estimate of drug-likeness (QED) is 0.779. The molecular formula is C12H17NO4. The van der Waals surface area contributed by atoms with E-state index in [1.54, 1.807) is 13.8 Å². The molecular weight excluding hydrogens is 222 g/mol. The molecule has 0 atom stereocenters. The number of hydrogen-bond acceptors (Lipinski definition) is 5. The van der Waals surface area contributed by atoms with Gasteiger partial charge in [0.1, 0.15) is 17.1 Å². The van der Waals surface area contributed by atoms with E-state index >= 15 is 0 Å². The number of phenolic OH excluding ortho intramolecular Hbond substituents is 1. The summed E-state index contributed by atoms with van der Waals surface area (Å²) in [6.45, 7) is 3.56. The second kappa shape index (κ2) is 4.63. The minimum Gasteiger partial charge on any atom is -0.507 e. The number of esters is 1. The average molecular weight is 239 g/mol.